The van der Waals surface area contributed by atoms with Crippen LogP contribution in [0.1, 0.15) is 16.2 Å². The van der Waals surface area contributed by atoms with Crippen LogP contribution in [-0.2, 0) is 4.74 Å². The van der Waals surface area contributed by atoms with Crippen LogP contribution < -0.4 is 10.6 Å². The smallest absolute Gasteiger partial charge is 0.358 e. The Balaban J connectivity index is 2.95. The number of carbonyl (C=O) groups is 1. The lowest BCUT2D eigenvalue weighted by atomic mass is 10.3. The molecule has 0 unspecified atom stereocenters. The Morgan fingerprint density at radius 3 is 2.81 bits per heavy atom. The van der Waals surface area contributed by atoms with Crippen molar-refractivity contribution in [3.8, 4) is 0 Å². The maximum atomic E-state index is 11.2. The average molecular weight is 224 g/mol. The van der Waals surface area contributed by atoms with Gasteiger partial charge in [0.05, 0.1) is 19.0 Å². The number of likely N-dealkylation sites (N-methyl/N-ethyl adjacent to an activating group) is 1. The number of hydrogen-bond donors (Lipinski definition) is 1. The molecule has 88 valence electrons. The minimum atomic E-state index is -0.483. The van der Waals surface area contributed by atoms with Crippen LogP contribution in [0.2, 0.25) is 0 Å². The van der Waals surface area contributed by atoms with E-state index < -0.39 is 5.97 Å². The molecule has 1 aromatic heterocycles. The van der Waals surface area contributed by atoms with E-state index in [0.29, 0.717) is 18.8 Å². The maximum absolute atomic E-state index is 11.2. The molecule has 6 heteroatoms. The molecule has 0 aromatic carbocycles. The Kier molecular flexibility index (Phi) is 4.19. The van der Waals surface area contributed by atoms with E-state index in [1.165, 1.54) is 13.3 Å². The van der Waals surface area contributed by atoms with Gasteiger partial charge in [-0.3, -0.25) is 0 Å². The molecule has 1 heterocycles. The van der Waals surface area contributed by atoms with Gasteiger partial charge in [-0.2, -0.15) is 0 Å². The van der Waals surface area contributed by atoms with Gasteiger partial charge in [-0.25, -0.2) is 14.8 Å². The molecule has 2 N–H and O–H groups in total. The largest absolute Gasteiger partial charge is 0.464 e. The van der Waals surface area contributed by atoms with E-state index in [1.807, 2.05) is 11.9 Å². The summed E-state index contributed by atoms with van der Waals surface area (Å²) in [5.74, 6) is 0.238. The van der Waals surface area contributed by atoms with Gasteiger partial charge in [0, 0.05) is 20.1 Å². The molecule has 0 atom stereocenters. The van der Waals surface area contributed by atoms with Gasteiger partial charge >= 0.3 is 5.97 Å². The molecule has 1 aromatic rings. The van der Waals surface area contributed by atoms with E-state index in [1.54, 1.807) is 6.92 Å². The summed E-state index contributed by atoms with van der Waals surface area (Å²) in [4.78, 5) is 21.4. The Labute approximate surface area is 94.4 Å². The second kappa shape index (κ2) is 5.41. The van der Waals surface area contributed by atoms with Gasteiger partial charge in [0.15, 0.2) is 5.69 Å². The van der Waals surface area contributed by atoms with Crippen LogP contribution in [0, 0.1) is 6.92 Å². The SMILES string of the molecule is COC(=O)c1cnc(N(C)CCN)c(C)n1. The fourth-order valence-electron chi connectivity index (χ4n) is 1.35. The number of carbonyl (C=O) groups excluding carboxylic acids is 1. The molecule has 6 nitrogen and oxygen atoms in total. The summed E-state index contributed by atoms with van der Waals surface area (Å²) >= 11 is 0. The summed E-state index contributed by atoms with van der Waals surface area (Å²) in [5, 5.41) is 0. The first-order chi connectivity index (χ1) is 7.60. The van der Waals surface area contributed by atoms with Gasteiger partial charge in [-0.05, 0) is 6.92 Å². The fourth-order valence-corrected chi connectivity index (χ4v) is 1.35. The van der Waals surface area contributed by atoms with Crippen molar-refractivity contribution in [1.29, 1.82) is 0 Å². The molecule has 0 aliphatic rings. The lowest BCUT2D eigenvalue weighted by Gasteiger charge is -2.18. The Hall–Kier alpha value is -1.69. The van der Waals surface area contributed by atoms with Gasteiger partial charge < -0.3 is 15.4 Å². The number of rotatable bonds is 4. The number of methoxy groups -OCH3 is 1. The Bertz CT molecular complexity index is 381. The second-order valence-corrected chi connectivity index (χ2v) is 3.37. The first-order valence-corrected chi connectivity index (χ1v) is 4.93. The summed E-state index contributed by atoms with van der Waals surface area (Å²) in [6.07, 6.45) is 1.40. The van der Waals surface area contributed by atoms with Crippen molar-refractivity contribution < 1.29 is 9.53 Å². The van der Waals surface area contributed by atoms with Crippen LogP contribution in [0.15, 0.2) is 6.20 Å². The van der Waals surface area contributed by atoms with Gasteiger partial charge in [-0.1, -0.05) is 0 Å². The highest BCUT2D eigenvalue weighted by atomic mass is 16.5. The summed E-state index contributed by atoms with van der Waals surface area (Å²) in [7, 11) is 3.19. The lowest BCUT2D eigenvalue weighted by Crippen LogP contribution is -2.27. The predicted octanol–water partition coefficient (Wildman–Crippen LogP) is -0.0335. The number of ether oxygens (including phenoxy) is 1. The molecule has 16 heavy (non-hydrogen) atoms. The van der Waals surface area contributed by atoms with Crippen LogP contribution >= 0.6 is 0 Å². The van der Waals surface area contributed by atoms with Crippen LogP contribution in [0.5, 0.6) is 0 Å². The molecule has 0 spiro atoms. The van der Waals surface area contributed by atoms with Crippen molar-refractivity contribution in [2.45, 2.75) is 6.92 Å². The standard InChI is InChI=1S/C10H16N4O2/c1-7-9(14(2)5-4-11)12-6-8(13-7)10(15)16-3/h6H,4-5,11H2,1-3H3. The highest BCUT2D eigenvalue weighted by Crippen LogP contribution is 2.13. The molecule has 1 rings (SSSR count). The van der Waals surface area contributed by atoms with E-state index in [2.05, 4.69) is 14.7 Å². The number of nitrogens with two attached hydrogens (primary N) is 1. The van der Waals surface area contributed by atoms with Gasteiger partial charge in [0.25, 0.3) is 0 Å². The number of nitrogens with zero attached hydrogens (tertiary/aromatic N) is 3. The number of aryl methyl sites for hydroxylation is 1. The van der Waals surface area contributed by atoms with Gasteiger partial charge in [0.2, 0.25) is 0 Å². The molecular formula is C10H16N4O2. The van der Waals surface area contributed by atoms with Crippen molar-refractivity contribution in [3.05, 3.63) is 17.6 Å². The zero-order valence-corrected chi connectivity index (χ0v) is 9.73. The molecular weight excluding hydrogens is 208 g/mol. The predicted molar refractivity (Wildman–Crippen MR) is 60.4 cm³/mol. The highest BCUT2D eigenvalue weighted by molar-refractivity contribution is 5.87. The van der Waals surface area contributed by atoms with Crippen LogP contribution in [0.4, 0.5) is 5.82 Å². The van der Waals surface area contributed by atoms with E-state index in [9.17, 15) is 4.79 Å². The molecule has 0 bridgehead atoms. The first kappa shape index (κ1) is 12.4. The fraction of sp³-hybridized carbons (Fsp3) is 0.500. The number of esters is 1. The Morgan fingerprint density at radius 2 is 2.31 bits per heavy atom. The lowest BCUT2D eigenvalue weighted by molar-refractivity contribution is 0.0593. The quantitative estimate of drug-likeness (QED) is 0.723. The van der Waals surface area contributed by atoms with E-state index in [4.69, 9.17) is 5.73 Å². The zero-order valence-electron chi connectivity index (χ0n) is 9.73. The third-order valence-corrected chi connectivity index (χ3v) is 2.14. The first-order valence-electron chi connectivity index (χ1n) is 4.93. The summed E-state index contributed by atoms with van der Waals surface area (Å²) < 4.78 is 4.56. The van der Waals surface area contributed by atoms with Gasteiger partial charge in [0.1, 0.15) is 5.82 Å². The van der Waals surface area contributed by atoms with Crippen molar-refractivity contribution in [2.24, 2.45) is 5.73 Å². The molecule has 0 radical (unpaired) electrons. The molecule has 0 amide bonds. The van der Waals surface area contributed by atoms with Crippen molar-refractivity contribution in [2.75, 3.05) is 32.1 Å². The third kappa shape index (κ3) is 2.66. The van der Waals surface area contributed by atoms with Crippen molar-refractivity contribution >= 4 is 11.8 Å². The number of hydrogen-bond acceptors (Lipinski definition) is 6. The molecule has 0 fully saturated rings. The average Bonchev–Trinajstić information content (AvgIpc) is 2.28. The normalized spacial score (nSPS) is 10.0. The van der Waals surface area contributed by atoms with Crippen LogP contribution in [-0.4, -0.2) is 43.2 Å². The number of anilines is 1. The maximum Gasteiger partial charge on any atom is 0.358 e. The molecule has 0 saturated carbocycles. The minimum Gasteiger partial charge on any atom is -0.464 e. The monoisotopic (exact) mass is 224 g/mol. The van der Waals surface area contributed by atoms with E-state index >= 15 is 0 Å². The zero-order chi connectivity index (χ0) is 12.1. The van der Waals surface area contributed by atoms with Crippen molar-refractivity contribution in [1.82, 2.24) is 9.97 Å². The van der Waals surface area contributed by atoms with E-state index in [0.717, 1.165) is 5.82 Å². The summed E-state index contributed by atoms with van der Waals surface area (Å²) in [5.41, 5.74) is 6.34. The number of aromatic nitrogens is 2. The molecule has 0 aliphatic heterocycles. The third-order valence-electron chi connectivity index (χ3n) is 2.14. The van der Waals surface area contributed by atoms with Crippen LogP contribution in [0.25, 0.3) is 0 Å². The second-order valence-electron chi connectivity index (χ2n) is 3.37. The minimum absolute atomic E-state index is 0.213. The van der Waals surface area contributed by atoms with Crippen LogP contribution in [0.3, 0.4) is 0 Å². The molecule has 0 aliphatic carbocycles. The van der Waals surface area contributed by atoms with Crippen molar-refractivity contribution in [3.63, 3.8) is 0 Å². The van der Waals surface area contributed by atoms with E-state index in [-0.39, 0.29) is 5.69 Å². The summed E-state index contributed by atoms with van der Waals surface area (Å²) in [6.45, 7) is 3.02. The Morgan fingerprint density at radius 1 is 1.62 bits per heavy atom. The summed E-state index contributed by atoms with van der Waals surface area (Å²) in [6, 6.07) is 0. The molecule has 0 saturated heterocycles. The topological polar surface area (TPSA) is 81.3 Å². The van der Waals surface area contributed by atoms with Gasteiger partial charge in [-0.15, -0.1) is 0 Å². The highest BCUT2D eigenvalue weighted by Gasteiger charge is 2.12.